The van der Waals surface area contributed by atoms with Crippen LogP contribution in [0.3, 0.4) is 0 Å². The summed E-state index contributed by atoms with van der Waals surface area (Å²) in [6, 6.07) is 62.5. The number of nitrogens with zero attached hydrogens (tertiary/aromatic N) is 4. The van der Waals surface area contributed by atoms with Gasteiger partial charge < -0.3 is 14.5 Å². The quantitative estimate of drug-likeness (QED) is 0.144. The molecule has 0 saturated heterocycles. The third-order valence-corrected chi connectivity index (χ3v) is 13.7. The highest BCUT2D eigenvalue weighted by molar-refractivity contribution is 6.09. The second kappa shape index (κ2) is 18.1. The highest BCUT2D eigenvalue weighted by Gasteiger charge is 2.32. The second-order valence-corrected chi connectivity index (χ2v) is 22.2. The van der Waals surface area contributed by atoms with E-state index in [0.717, 1.165) is 72.4 Å². The molecule has 2 aromatic heterocycles. The first kappa shape index (κ1) is 41.9. The molecule has 0 unspecified atom stereocenters. The van der Waals surface area contributed by atoms with Crippen molar-refractivity contribution in [2.75, 3.05) is 16.5 Å². The number of hydrogen-bond acceptors (Lipinski definition) is 4. The van der Waals surface area contributed by atoms with E-state index in [1.54, 1.807) is 12.3 Å². The van der Waals surface area contributed by atoms with Gasteiger partial charge in [-0.3, -0.25) is 4.57 Å². The van der Waals surface area contributed by atoms with E-state index in [2.05, 4.69) is 147 Å². The molecular weight excluding hydrogens is 877 g/mol. The van der Waals surface area contributed by atoms with Crippen LogP contribution in [0.1, 0.15) is 84.5 Å². The summed E-state index contributed by atoms with van der Waals surface area (Å²) >= 11 is 0. The molecule has 10 aromatic rings. The van der Waals surface area contributed by atoms with E-state index in [-0.39, 0.29) is 10.8 Å². The van der Waals surface area contributed by atoms with Crippen LogP contribution in [0.2, 0.25) is 0 Å². The fourth-order valence-electron chi connectivity index (χ4n) is 10.0. The number of hydrogen-bond donors (Lipinski definition) is 0. The number of ether oxygens (including phenoxy) is 1. The fraction of sp³-hybridized carbons (Fsp3) is 0.209. The van der Waals surface area contributed by atoms with Gasteiger partial charge in [0.25, 0.3) is 0 Å². The summed E-state index contributed by atoms with van der Waals surface area (Å²) in [6.07, 6.45) is 0.106. The maximum absolute atomic E-state index is 9.65. The van der Waals surface area contributed by atoms with Crippen molar-refractivity contribution in [1.82, 2.24) is 9.55 Å². The number of para-hydroxylation sites is 4. The van der Waals surface area contributed by atoms with Crippen molar-refractivity contribution in [3.63, 3.8) is 0 Å². The maximum Gasteiger partial charge on any atom is 0.137 e. The van der Waals surface area contributed by atoms with E-state index in [1.807, 2.05) is 106 Å². The molecule has 5 heteroatoms. The molecule has 0 radical (unpaired) electrons. The van der Waals surface area contributed by atoms with Crippen molar-refractivity contribution in [3.05, 3.63) is 217 Å². The number of rotatable bonds is 9. The van der Waals surface area contributed by atoms with Crippen LogP contribution in [0.4, 0.5) is 22.7 Å². The van der Waals surface area contributed by atoms with Crippen LogP contribution in [0, 0.1) is 5.41 Å². The average molecular weight is 945 g/mol. The largest absolute Gasteiger partial charge is 0.457 e. The topological polar surface area (TPSA) is 33.5 Å². The van der Waals surface area contributed by atoms with Gasteiger partial charge in [-0.2, -0.15) is 0 Å². The van der Waals surface area contributed by atoms with Gasteiger partial charge in [0.2, 0.25) is 0 Å². The Morgan fingerprint density at radius 2 is 1.12 bits per heavy atom. The van der Waals surface area contributed by atoms with E-state index in [4.69, 9.17) is 12.5 Å². The van der Waals surface area contributed by atoms with Gasteiger partial charge >= 0.3 is 0 Å². The molecule has 0 spiro atoms. The highest BCUT2D eigenvalue weighted by atomic mass is 16.5. The predicted octanol–water partition coefficient (Wildman–Crippen LogP) is 18.4. The molecule has 11 rings (SSSR count). The van der Waals surface area contributed by atoms with Gasteiger partial charge in [-0.1, -0.05) is 190 Å². The smallest absolute Gasteiger partial charge is 0.137 e. The van der Waals surface area contributed by atoms with E-state index in [0.29, 0.717) is 47.2 Å². The Kier molecular flexibility index (Phi) is 10.5. The van der Waals surface area contributed by atoms with Crippen molar-refractivity contribution in [3.8, 4) is 50.7 Å². The lowest BCUT2D eigenvalue weighted by molar-refractivity contribution is 0.411. The van der Waals surface area contributed by atoms with Gasteiger partial charge in [0.05, 0.1) is 30.8 Å². The first-order chi connectivity index (χ1) is 36.2. The van der Waals surface area contributed by atoms with Crippen molar-refractivity contribution < 1.29 is 10.2 Å². The molecule has 0 N–H and O–H groups in total. The lowest BCUT2D eigenvalue weighted by Crippen LogP contribution is -2.25. The zero-order valence-corrected chi connectivity index (χ0v) is 42.8. The summed E-state index contributed by atoms with van der Waals surface area (Å²) < 4.78 is 46.4. The fourth-order valence-corrected chi connectivity index (χ4v) is 10.0. The van der Waals surface area contributed by atoms with Gasteiger partial charge in [0, 0.05) is 48.7 Å². The molecule has 0 saturated carbocycles. The van der Waals surface area contributed by atoms with Crippen molar-refractivity contribution in [2.24, 2.45) is 5.41 Å². The second-order valence-electron chi connectivity index (χ2n) is 22.2. The minimum Gasteiger partial charge on any atom is -0.457 e. The van der Waals surface area contributed by atoms with E-state index in [9.17, 15) is 2.74 Å². The van der Waals surface area contributed by atoms with Crippen LogP contribution in [0.15, 0.2) is 200 Å². The number of pyridine rings is 1. The molecule has 72 heavy (non-hydrogen) atoms. The Bertz CT molecular complexity index is 3800. The third kappa shape index (κ3) is 9.05. The molecule has 8 aromatic carbocycles. The molecule has 0 atom stereocenters. The van der Waals surface area contributed by atoms with Gasteiger partial charge in [0.15, 0.2) is 0 Å². The molecule has 1 aliphatic rings. The maximum atomic E-state index is 9.65. The summed E-state index contributed by atoms with van der Waals surface area (Å²) in [6.45, 7) is 19.8. The predicted molar refractivity (Wildman–Crippen MR) is 304 cm³/mol. The number of benzene rings is 8. The van der Waals surface area contributed by atoms with Crippen LogP contribution < -0.4 is 14.5 Å². The Balaban J connectivity index is 1.02. The molecule has 1 aliphatic heterocycles. The van der Waals surface area contributed by atoms with Crippen LogP contribution in [-0.2, 0) is 17.2 Å². The zero-order chi connectivity index (χ0) is 53.5. The monoisotopic (exact) mass is 945 g/mol. The summed E-state index contributed by atoms with van der Waals surface area (Å²) in [5.74, 6) is 1.95. The molecule has 0 aliphatic carbocycles. The zero-order valence-electron chi connectivity index (χ0n) is 46.8. The Labute approximate surface area is 431 Å². The van der Waals surface area contributed by atoms with Crippen molar-refractivity contribution in [1.29, 1.82) is 0 Å². The highest BCUT2D eigenvalue weighted by Crippen LogP contribution is 2.51. The molecular formula is C67H64N4O. The number of aromatic nitrogens is 2. The van der Waals surface area contributed by atoms with Crippen LogP contribution >= 0.6 is 0 Å². The van der Waals surface area contributed by atoms with Crippen LogP contribution in [0.25, 0.3) is 61.0 Å². The van der Waals surface area contributed by atoms with Gasteiger partial charge in [-0.25, -0.2) is 4.98 Å². The van der Waals surface area contributed by atoms with Gasteiger partial charge in [0.1, 0.15) is 24.0 Å². The summed E-state index contributed by atoms with van der Waals surface area (Å²) in [7, 11) is 0. The van der Waals surface area contributed by atoms with Crippen LogP contribution in [0.5, 0.6) is 11.5 Å². The molecule has 0 amide bonds. The normalized spacial score (nSPS) is 14.0. The summed E-state index contributed by atoms with van der Waals surface area (Å²) in [5.41, 5.74) is 13.3. The minimum atomic E-state index is -1.60. The average Bonchev–Trinajstić information content (AvgIpc) is 3.97. The summed E-state index contributed by atoms with van der Waals surface area (Å²) in [5, 5.41) is 2.11. The lowest BCUT2D eigenvalue weighted by Gasteiger charge is -2.29. The number of fused-ring (bicyclic) bond motifs is 4. The van der Waals surface area contributed by atoms with Crippen molar-refractivity contribution >= 4 is 44.6 Å². The Morgan fingerprint density at radius 3 is 1.83 bits per heavy atom. The Morgan fingerprint density at radius 1 is 0.514 bits per heavy atom. The first-order valence-corrected chi connectivity index (χ1v) is 25.0. The van der Waals surface area contributed by atoms with Gasteiger partial charge in [-0.15, -0.1) is 0 Å². The SMILES string of the molecule is [2H]c1cc(-c2ccccc2)cc([2H])c1-c1cccc(-c2cc(C(C)(C)C)cc(C(C)(C)C)c2)c1N1CN(c2cccc(Oc3ccc4c5ccccc5n(-c5cc(C([2H])([2H])C(C)(C)C)ccn5)c4c3)c2)c2ccccc21. The first-order valence-electron chi connectivity index (χ1n) is 27.0. The van der Waals surface area contributed by atoms with E-state index in [1.165, 1.54) is 11.1 Å². The molecule has 5 nitrogen and oxygen atoms in total. The van der Waals surface area contributed by atoms with Crippen LogP contribution in [-0.4, -0.2) is 16.2 Å². The summed E-state index contributed by atoms with van der Waals surface area (Å²) in [4.78, 5) is 9.49. The molecule has 358 valence electrons. The van der Waals surface area contributed by atoms with E-state index < -0.39 is 11.8 Å². The van der Waals surface area contributed by atoms with Gasteiger partial charge in [-0.05, 0) is 116 Å². The minimum absolute atomic E-state index is 0.119. The molecule has 0 fully saturated rings. The number of anilines is 4. The van der Waals surface area contributed by atoms with Crippen molar-refractivity contribution in [2.45, 2.75) is 79.5 Å². The molecule has 3 heterocycles. The molecule has 0 bridgehead atoms. The third-order valence-electron chi connectivity index (χ3n) is 13.7. The van der Waals surface area contributed by atoms with E-state index >= 15 is 0 Å². The Hall–Kier alpha value is -7.89. The standard InChI is InChI=1S/C67H64N4O/c1-65(2,3)43-45-35-36-68-63(37-45)71-59-26-14-13-23-57(59)58-34-33-54(42-62(58)71)72-53-22-17-21-52(41-53)69-44-70(61-28-16-15-27-60(61)69)64-55(48-31-29-47(30-32-48)46-19-11-10-12-20-46)24-18-25-56(64)49-38-50(66(4,5)6)40-51(39-49)67(7,8)9/h10-42H,43-44H2,1-9H3/i31D,32D,43D2. The lowest BCUT2D eigenvalue weighted by atomic mass is 9.78.